The Morgan fingerprint density at radius 2 is 1.62 bits per heavy atom. The molecule has 5 nitrogen and oxygen atoms in total. The molecule has 1 spiro atoms. The maximum absolute atomic E-state index is 12.6. The molecule has 26 heavy (non-hydrogen) atoms. The van der Waals surface area contributed by atoms with Gasteiger partial charge in [0.25, 0.3) is 5.91 Å². The second-order valence-corrected chi connectivity index (χ2v) is 7.63. The lowest BCUT2D eigenvalue weighted by atomic mass is 9.71. The number of hydrogen-bond acceptors (Lipinski definition) is 4. The number of carbonyl (C=O) groups is 1. The van der Waals surface area contributed by atoms with E-state index in [-0.39, 0.29) is 5.91 Å². The van der Waals surface area contributed by atoms with E-state index in [4.69, 9.17) is 0 Å². The standard InChI is InChI=1S/C21H26N4O/c26-20(18-4-11-22-12-5-18)25-15-8-21(9-16-25)6-13-24(14-7-21)17-19-3-1-2-10-23-19/h1-5,10-12H,6-9,13-17H2. The molecule has 4 rings (SSSR count). The fourth-order valence-corrected chi connectivity index (χ4v) is 4.27. The molecule has 4 heterocycles. The summed E-state index contributed by atoms with van der Waals surface area (Å²) in [6.07, 6.45) is 9.97. The molecule has 2 aliphatic rings. The van der Waals surface area contributed by atoms with Crippen LogP contribution in [-0.4, -0.2) is 51.9 Å². The van der Waals surface area contributed by atoms with E-state index < -0.39 is 0 Å². The summed E-state index contributed by atoms with van der Waals surface area (Å²) in [5.41, 5.74) is 2.33. The van der Waals surface area contributed by atoms with Crippen LogP contribution in [0, 0.1) is 5.41 Å². The quantitative estimate of drug-likeness (QED) is 0.854. The van der Waals surface area contributed by atoms with E-state index in [1.165, 1.54) is 12.8 Å². The fraction of sp³-hybridized carbons (Fsp3) is 0.476. The molecule has 0 atom stereocenters. The van der Waals surface area contributed by atoms with Crippen LogP contribution in [0.15, 0.2) is 48.9 Å². The summed E-state index contributed by atoms with van der Waals surface area (Å²) in [5, 5.41) is 0. The van der Waals surface area contributed by atoms with E-state index in [0.29, 0.717) is 5.41 Å². The van der Waals surface area contributed by atoms with Crippen molar-refractivity contribution in [1.29, 1.82) is 0 Å². The van der Waals surface area contributed by atoms with Crippen LogP contribution >= 0.6 is 0 Å². The van der Waals surface area contributed by atoms with Gasteiger partial charge in [-0.2, -0.15) is 0 Å². The third-order valence-electron chi connectivity index (χ3n) is 6.07. The molecule has 2 aromatic rings. The number of carbonyl (C=O) groups excluding carboxylic acids is 1. The predicted octanol–water partition coefficient (Wildman–Crippen LogP) is 3.00. The summed E-state index contributed by atoms with van der Waals surface area (Å²) in [6, 6.07) is 9.75. The molecule has 2 fully saturated rings. The Morgan fingerprint density at radius 1 is 0.923 bits per heavy atom. The topological polar surface area (TPSA) is 49.3 Å². The van der Waals surface area contributed by atoms with Gasteiger partial charge in [0.05, 0.1) is 5.69 Å². The van der Waals surface area contributed by atoms with Crippen LogP contribution < -0.4 is 0 Å². The van der Waals surface area contributed by atoms with Gasteiger partial charge < -0.3 is 4.90 Å². The molecule has 2 aromatic heterocycles. The number of pyridine rings is 2. The van der Waals surface area contributed by atoms with E-state index in [0.717, 1.165) is 56.8 Å². The average Bonchev–Trinajstić information content (AvgIpc) is 2.71. The molecule has 0 aromatic carbocycles. The molecule has 2 aliphatic heterocycles. The molecule has 0 aliphatic carbocycles. The minimum atomic E-state index is 0.148. The summed E-state index contributed by atoms with van der Waals surface area (Å²) in [4.78, 5) is 25.6. The number of hydrogen-bond donors (Lipinski definition) is 0. The molecule has 2 saturated heterocycles. The number of aromatic nitrogens is 2. The van der Waals surface area contributed by atoms with Gasteiger partial charge in [-0.25, -0.2) is 0 Å². The van der Waals surface area contributed by atoms with Gasteiger partial charge >= 0.3 is 0 Å². The molecule has 0 N–H and O–H groups in total. The Morgan fingerprint density at radius 3 is 2.27 bits per heavy atom. The number of rotatable bonds is 3. The van der Waals surface area contributed by atoms with E-state index in [1.807, 2.05) is 29.3 Å². The van der Waals surface area contributed by atoms with Crippen molar-refractivity contribution < 1.29 is 4.79 Å². The third kappa shape index (κ3) is 3.78. The van der Waals surface area contributed by atoms with E-state index in [9.17, 15) is 4.79 Å². The van der Waals surface area contributed by atoms with Crippen molar-refractivity contribution in [3.05, 3.63) is 60.2 Å². The number of amides is 1. The van der Waals surface area contributed by atoms with Crippen molar-refractivity contribution >= 4 is 5.91 Å². The normalized spacial score (nSPS) is 20.2. The van der Waals surface area contributed by atoms with Crippen LogP contribution in [0.2, 0.25) is 0 Å². The smallest absolute Gasteiger partial charge is 0.253 e. The number of piperidine rings is 2. The van der Waals surface area contributed by atoms with Crippen molar-refractivity contribution in [2.45, 2.75) is 32.2 Å². The molecule has 1 amide bonds. The van der Waals surface area contributed by atoms with Gasteiger partial charge in [0.15, 0.2) is 0 Å². The lowest BCUT2D eigenvalue weighted by Gasteiger charge is -2.46. The summed E-state index contributed by atoms with van der Waals surface area (Å²) in [5.74, 6) is 0.148. The molecule has 5 heteroatoms. The minimum absolute atomic E-state index is 0.148. The van der Waals surface area contributed by atoms with Crippen LogP contribution in [-0.2, 0) is 6.54 Å². The van der Waals surface area contributed by atoms with Gasteiger partial charge in [-0.3, -0.25) is 19.7 Å². The Kier molecular flexibility index (Phi) is 4.98. The van der Waals surface area contributed by atoms with Crippen molar-refractivity contribution in [3.63, 3.8) is 0 Å². The highest BCUT2D eigenvalue weighted by Crippen LogP contribution is 2.41. The zero-order chi connectivity index (χ0) is 17.8. The fourth-order valence-electron chi connectivity index (χ4n) is 4.27. The van der Waals surface area contributed by atoms with Crippen LogP contribution in [0.5, 0.6) is 0 Å². The summed E-state index contributed by atoms with van der Waals surface area (Å²) < 4.78 is 0. The predicted molar refractivity (Wildman–Crippen MR) is 101 cm³/mol. The Bertz CT molecular complexity index is 716. The van der Waals surface area contributed by atoms with Crippen LogP contribution in [0.3, 0.4) is 0 Å². The zero-order valence-electron chi connectivity index (χ0n) is 15.2. The van der Waals surface area contributed by atoms with E-state index in [1.54, 1.807) is 12.4 Å². The van der Waals surface area contributed by atoms with Crippen LogP contribution in [0.1, 0.15) is 41.7 Å². The SMILES string of the molecule is O=C(c1ccncc1)N1CCC2(CCN(Cc3ccccn3)CC2)CC1. The molecular weight excluding hydrogens is 324 g/mol. The highest BCUT2D eigenvalue weighted by atomic mass is 16.2. The van der Waals surface area contributed by atoms with E-state index in [2.05, 4.69) is 27.0 Å². The lowest BCUT2D eigenvalue weighted by Crippen LogP contribution is -2.48. The Balaban J connectivity index is 1.29. The average molecular weight is 350 g/mol. The van der Waals surface area contributed by atoms with Gasteiger partial charge in [0.2, 0.25) is 0 Å². The molecule has 136 valence electrons. The first kappa shape index (κ1) is 17.2. The van der Waals surface area contributed by atoms with Gasteiger partial charge in [-0.1, -0.05) is 6.07 Å². The van der Waals surface area contributed by atoms with Gasteiger partial charge in [0, 0.05) is 43.8 Å². The monoisotopic (exact) mass is 350 g/mol. The van der Waals surface area contributed by atoms with Gasteiger partial charge in [0.1, 0.15) is 0 Å². The molecular formula is C21H26N4O. The molecule has 0 radical (unpaired) electrons. The van der Waals surface area contributed by atoms with Crippen molar-refractivity contribution in [2.24, 2.45) is 5.41 Å². The largest absolute Gasteiger partial charge is 0.339 e. The first-order valence-electron chi connectivity index (χ1n) is 9.56. The van der Waals surface area contributed by atoms with Crippen LogP contribution in [0.25, 0.3) is 0 Å². The minimum Gasteiger partial charge on any atom is -0.339 e. The first-order chi connectivity index (χ1) is 12.7. The zero-order valence-corrected chi connectivity index (χ0v) is 15.2. The second-order valence-electron chi connectivity index (χ2n) is 7.63. The summed E-state index contributed by atoms with van der Waals surface area (Å²) in [6.45, 7) is 4.97. The van der Waals surface area contributed by atoms with Crippen LogP contribution in [0.4, 0.5) is 0 Å². The first-order valence-corrected chi connectivity index (χ1v) is 9.56. The maximum atomic E-state index is 12.6. The number of likely N-dealkylation sites (tertiary alicyclic amines) is 2. The Labute approximate surface area is 155 Å². The highest BCUT2D eigenvalue weighted by Gasteiger charge is 2.38. The lowest BCUT2D eigenvalue weighted by molar-refractivity contribution is 0.0282. The summed E-state index contributed by atoms with van der Waals surface area (Å²) in [7, 11) is 0. The highest BCUT2D eigenvalue weighted by molar-refractivity contribution is 5.94. The van der Waals surface area contributed by atoms with Gasteiger partial charge in [-0.15, -0.1) is 0 Å². The van der Waals surface area contributed by atoms with E-state index >= 15 is 0 Å². The summed E-state index contributed by atoms with van der Waals surface area (Å²) >= 11 is 0. The van der Waals surface area contributed by atoms with Crippen molar-refractivity contribution in [1.82, 2.24) is 19.8 Å². The van der Waals surface area contributed by atoms with Crippen molar-refractivity contribution in [3.8, 4) is 0 Å². The molecule has 0 unspecified atom stereocenters. The second kappa shape index (κ2) is 7.54. The maximum Gasteiger partial charge on any atom is 0.253 e. The molecule has 0 saturated carbocycles. The Hall–Kier alpha value is -2.27. The number of nitrogens with zero attached hydrogens (tertiary/aromatic N) is 4. The van der Waals surface area contributed by atoms with Gasteiger partial charge in [-0.05, 0) is 68.5 Å². The van der Waals surface area contributed by atoms with Crippen molar-refractivity contribution in [2.75, 3.05) is 26.2 Å². The third-order valence-corrected chi connectivity index (χ3v) is 6.07. The molecule has 0 bridgehead atoms.